The maximum absolute atomic E-state index is 12.2. The highest BCUT2D eigenvalue weighted by molar-refractivity contribution is 6.05. The maximum Gasteiger partial charge on any atom is 0.410 e. The van der Waals surface area contributed by atoms with Crippen molar-refractivity contribution >= 4 is 29.6 Å². The number of imide groups is 1. The van der Waals surface area contributed by atoms with E-state index in [1.54, 1.807) is 29.2 Å². The molecule has 0 radical (unpaired) electrons. The van der Waals surface area contributed by atoms with Gasteiger partial charge in [0.1, 0.15) is 11.4 Å². The summed E-state index contributed by atoms with van der Waals surface area (Å²) in [5.41, 5.74) is 0.0817. The number of anilines is 1. The van der Waals surface area contributed by atoms with Crippen molar-refractivity contribution in [3.8, 4) is 5.75 Å². The summed E-state index contributed by atoms with van der Waals surface area (Å²) in [5, 5.41) is 5.11. The number of ether oxygens (including phenoxy) is 2. The zero-order valence-electron chi connectivity index (χ0n) is 20.0. The highest BCUT2D eigenvalue weighted by atomic mass is 16.6. The third-order valence-corrected chi connectivity index (χ3v) is 5.33. The van der Waals surface area contributed by atoms with Crippen LogP contribution in [0.5, 0.6) is 5.75 Å². The van der Waals surface area contributed by atoms with E-state index in [9.17, 15) is 19.2 Å². The van der Waals surface area contributed by atoms with Gasteiger partial charge in [0.15, 0.2) is 6.61 Å². The number of benzene rings is 1. The van der Waals surface area contributed by atoms with Gasteiger partial charge in [0.2, 0.25) is 5.91 Å². The van der Waals surface area contributed by atoms with Gasteiger partial charge >= 0.3 is 12.1 Å². The van der Waals surface area contributed by atoms with Gasteiger partial charge in [0, 0.05) is 64.0 Å². The molecule has 0 bridgehead atoms. The molecule has 2 N–H and O–H groups in total. The van der Waals surface area contributed by atoms with E-state index in [1.807, 2.05) is 20.8 Å². The zero-order valence-corrected chi connectivity index (χ0v) is 20.0. The minimum atomic E-state index is -0.509. The quantitative estimate of drug-likeness (QED) is 0.608. The molecule has 1 aromatic rings. The number of piperazine rings is 1. The summed E-state index contributed by atoms with van der Waals surface area (Å²) in [6, 6.07) is 6.35. The van der Waals surface area contributed by atoms with Gasteiger partial charge in [0.05, 0.1) is 0 Å². The van der Waals surface area contributed by atoms with E-state index >= 15 is 0 Å². The van der Waals surface area contributed by atoms with Crippen LogP contribution in [-0.4, -0.2) is 91.8 Å². The molecule has 34 heavy (non-hydrogen) atoms. The molecule has 2 heterocycles. The average Bonchev–Trinajstić information content (AvgIpc) is 2.77. The molecule has 2 aliphatic rings. The summed E-state index contributed by atoms with van der Waals surface area (Å²) >= 11 is 0. The molecule has 186 valence electrons. The molecule has 11 nitrogen and oxygen atoms in total. The Kier molecular flexibility index (Phi) is 8.32. The Morgan fingerprint density at radius 1 is 1.09 bits per heavy atom. The Balaban J connectivity index is 1.35. The Morgan fingerprint density at radius 2 is 1.82 bits per heavy atom. The van der Waals surface area contributed by atoms with Crippen molar-refractivity contribution in [1.82, 2.24) is 20.4 Å². The van der Waals surface area contributed by atoms with Crippen molar-refractivity contribution in [3.05, 3.63) is 24.3 Å². The van der Waals surface area contributed by atoms with Crippen LogP contribution in [-0.2, 0) is 14.3 Å². The third-order valence-electron chi connectivity index (χ3n) is 5.33. The standard InChI is InChI=1S/C23H33N5O6/c1-23(2,3)34-22(32)27-13-11-26(12-14-27)10-8-24-20(30)16-33-18-6-4-5-17(15-18)28-9-7-19(29)25-21(28)31/h4-6,15H,7-14,16H2,1-3H3,(H,24,30)(H,25,29,31). The summed E-state index contributed by atoms with van der Waals surface area (Å²) in [4.78, 5) is 53.0. The van der Waals surface area contributed by atoms with Gasteiger partial charge in [-0.25, -0.2) is 9.59 Å². The average molecular weight is 476 g/mol. The first-order chi connectivity index (χ1) is 16.1. The van der Waals surface area contributed by atoms with Crippen LogP contribution >= 0.6 is 0 Å². The van der Waals surface area contributed by atoms with E-state index in [-0.39, 0.29) is 30.9 Å². The Morgan fingerprint density at radius 3 is 2.50 bits per heavy atom. The first-order valence-corrected chi connectivity index (χ1v) is 11.4. The molecule has 1 aromatic carbocycles. The van der Waals surface area contributed by atoms with Crippen molar-refractivity contribution < 1.29 is 28.7 Å². The number of amides is 5. The first kappa shape index (κ1) is 25.3. The van der Waals surface area contributed by atoms with Crippen molar-refractivity contribution in [1.29, 1.82) is 0 Å². The molecule has 2 aliphatic heterocycles. The van der Waals surface area contributed by atoms with Gasteiger partial charge in [-0.15, -0.1) is 0 Å². The van der Waals surface area contributed by atoms with Crippen molar-refractivity contribution in [2.45, 2.75) is 32.8 Å². The first-order valence-electron chi connectivity index (χ1n) is 11.4. The second kappa shape index (κ2) is 11.2. The molecule has 0 atom stereocenters. The van der Waals surface area contributed by atoms with Crippen molar-refractivity contribution in [2.24, 2.45) is 0 Å². The van der Waals surface area contributed by atoms with Gasteiger partial charge in [-0.1, -0.05) is 6.07 Å². The lowest BCUT2D eigenvalue weighted by atomic mass is 10.2. The lowest BCUT2D eigenvalue weighted by Crippen LogP contribution is -2.51. The summed E-state index contributed by atoms with van der Waals surface area (Å²) < 4.78 is 11.0. The van der Waals surface area contributed by atoms with E-state index in [0.717, 1.165) is 0 Å². The highest BCUT2D eigenvalue weighted by Crippen LogP contribution is 2.22. The largest absolute Gasteiger partial charge is 0.484 e. The normalized spacial score (nSPS) is 17.3. The fourth-order valence-corrected chi connectivity index (χ4v) is 3.59. The molecule has 0 aliphatic carbocycles. The number of nitrogens with one attached hydrogen (secondary N) is 2. The fourth-order valence-electron chi connectivity index (χ4n) is 3.59. The molecule has 2 saturated heterocycles. The van der Waals surface area contributed by atoms with E-state index < -0.39 is 11.6 Å². The number of carbonyl (C=O) groups excluding carboxylic acids is 4. The second-order valence-electron chi connectivity index (χ2n) is 9.20. The number of hydrogen-bond donors (Lipinski definition) is 2. The molecule has 2 fully saturated rings. The van der Waals surface area contributed by atoms with Crippen LogP contribution in [0.15, 0.2) is 24.3 Å². The van der Waals surface area contributed by atoms with E-state index in [0.29, 0.717) is 57.3 Å². The van der Waals surface area contributed by atoms with Crippen LogP contribution in [0, 0.1) is 0 Å². The van der Waals surface area contributed by atoms with Gasteiger partial charge in [-0.3, -0.25) is 24.7 Å². The Labute approximate surface area is 199 Å². The van der Waals surface area contributed by atoms with E-state index in [2.05, 4.69) is 15.5 Å². The van der Waals surface area contributed by atoms with Crippen LogP contribution in [0.2, 0.25) is 0 Å². The highest BCUT2D eigenvalue weighted by Gasteiger charge is 2.26. The molecule has 0 saturated carbocycles. The third kappa shape index (κ3) is 7.62. The van der Waals surface area contributed by atoms with Gasteiger partial charge < -0.3 is 19.7 Å². The Hall–Kier alpha value is -3.34. The van der Waals surface area contributed by atoms with Crippen LogP contribution in [0.1, 0.15) is 27.2 Å². The van der Waals surface area contributed by atoms with E-state index in [1.165, 1.54) is 4.90 Å². The zero-order chi connectivity index (χ0) is 24.7. The smallest absolute Gasteiger partial charge is 0.410 e. The van der Waals surface area contributed by atoms with Crippen LogP contribution in [0.4, 0.5) is 15.3 Å². The van der Waals surface area contributed by atoms with E-state index in [4.69, 9.17) is 9.47 Å². The molecule has 0 unspecified atom stereocenters. The van der Waals surface area contributed by atoms with Gasteiger partial charge in [-0.05, 0) is 32.9 Å². The fraction of sp³-hybridized carbons (Fsp3) is 0.565. The van der Waals surface area contributed by atoms with Crippen molar-refractivity contribution in [2.75, 3.05) is 57.3 Å². The van der Waals surface area contributed by atoms with Crippen LogP contribution in [0.25, 0.3) is 0 Å². The molecule has 11 heteroatoms. The number of nitrogens with zero attached hydrogens (tertiary/aromatic N) is 3. The molecule has 5 amide bonds. The Bertz CT molecular complexity index is 907. The minimum absolute atomic E-state index is 0.152. The minimum Gasteiger partial charge on any atom is -0.484 e. The lowest BCUT2D eigenvalue weighted by molar-refractivity contribution is -0.123. The second-order valence-corrected chi connectivity index (χ2v) is 9.20. The number of urea groups is 1. The predicted octanol–water partition coefficient (Wildman–Crippen LogP) is 1.18. The van der Waals surface area contributed by atoms with Crippen molar-refractivity contribution in [3.63, 3.8) is 0 Å². The topological polar surface area (TPSA) is 121 Å². The van der Waals surface area contributed by atoms with Gasteiger partial charge in [0.25, 0.3) is 5.91 Å². The maximum atomic E-state index is 12.2. The summed E-state index contributed by atoms with van der Waals surface area (Å²) in [6.45, 7) is 9.44. The summed E-state index contributed by atoms with van der Waals surface area (Å²) in [6.07, 6.45) is -0.0639. The van der Waals surface area contributed by atoms with Crippen LogP contribution in [0.3, 0.4) is 0 Å². The number of rotatable bonds is 7. The monoisotopic (exact) mass is 475 g/mol. The number of carbonyl (C=O) groups is 4. The van der Waals surface area contributed by atoms with Crippen LogP contribution < -0.4 is 20.3 Å². The lowest BCUT2D eigenvalue weighted by Gasteiger charge is -2.35. The molecule has 3 rings (SSSR count). The molecule has 0 aromatic heterocycles. The molecular formula is C23H33N5O6. The summed E-state index contributed by atoms with van der Waals surface area (Å²) in [7, 11) is 0. The van der Waals surface area contributed by atoms with Gasteiger partial charge in [-0.2, -0.15) is 0 Å². The molecular weight excluding hydrogens is 442 g/mol. The SMILES string of the molecule is CC(C)(C)OC(=O)N1CCN(CCNC(=O)COc2cccc(N3CCC(=O)NC3=O)c2)CC1. The predicted molar refractivity (Wildman–Crippen MR) is 125 cm³/mol. The number of hydrogen-bond acceptors (Lipinski definition) is 7. The summed E-state index contributed by atoms with van der Waals surface area (Å²) in [5.74, 6) is -0.0926. The molecule has 0 spiro atoms.